The molecule has 92 valence electrons. The quantitative estimate of drug-likeness (QED) is 0.836. The number of ketones is 1. The summed E-state index contributed by atoms with van der Waals surface area (Å²) in [6.45, 7) is 2.10. The number of nitrogens with zero attached hydrogens (tertiary/aromatic N) is 1. The molecule has 1 aromatic heterocycles. The van der Waals surface area contributed by atoms with Gasteiger partial charge in [0.1, 0.15) is 11.6 Å². The zero-order chi connectivity index (χ0) is 12.7. The molecule has 1 aromatic rings. The molecule has 1 rings (SSSR count). The van der Waals surface area contributed by atoms with Gasteiger partial charge in [0.25, 0.3) is 5.17 Å². The topological polar surface area (TPSA) is 51.2 Å². The van der Waals surface area contributed by atoms with Crippen LogP contribution in [0, 0.1) is 0 Å². The minimum Gasteiger partial charge on any atom is -0.470 e. The number of aromatic nitrogens is 1. The number of thiocarbonyl (C=S) groups is 1. The molecular weight excluding hydrogens is 260 g/mol. The second-order valence-corrected chi connectivity index (χ2v) is 4.07. The van der Waals surface area contributed by atoms with Crippen LogP contribution >= 0.6 is 23.8 Å². The molecule has 0 bridgehead atoms. The summed E-state index contributed by atoms with van der Waals surface area (Å²) in [7, 11) is 0. The van der Waals surface area contributed by atoms with E-state index in [1.165, 1.54) is 6.20 Å². The van der Waals surface area contributed by atoms with Gasteiger partial charge in [0, 0.05) is 19.0 Å². The number of hydrogen-bond donors (Lipinski definition) is 1. The second-order valence-electron chi connectivity index (χ2n) is 3.26. The Morgan fingerprint density at radius 3 is 2.94 bits per heavy atom. The van der Waals surface area contributed by atoms with Crippen molar-refractivity contribution in [3.05, 3.63) is 23.4 Å². The Morgan fingerprint density at radius 2 is 2.35 bits per heavy atom. The monoisotopic (exact) mass is 272 g/mol. The molecule has 0 amide bonds. The normalized spacial score (nSPS) is 9.76. The van der Waals surface area contributed by atoms with Gasteiger partial charge < -0.3 is 10.1 Å². The SMILES string of the molecule is CCC(=O)CCOC(=S)Nc1ccc(Cl)cn1. The molecule has 17 heavy (non-hydrogen) atoms. The lowest BCUT2D eigenvalue weighted by Gasteiger charge is -2.08. The number of halogens is 1. The van der Waals surface area contributed by atoms with Crippen molar-refractivity contribution in [2.45, 2.75) is 19.8 Å². The first-order valence-electron chi connectivity index (χ1n) is 5.19. The Bertz CT molecular complexity index is 395. The molecule has 0 saturated heterocycles. The fourth-order valence-electron chi connectivity index (χ4n) is 1.02. The molecule has 6 heteroatoms. The molecule has 0 aliphatic carbocycles. The lowest BCUT2D eigenvalue weighted by Crippen LogP contribution is -2.16. The third kappa shape index (κ3) is 5.60. The number of ether oxygens (including phenoxy) is 1. The van der Waals surface area contributed by atoms with Crippen LogP contribution in [0.15, 0.2) is 18.3 Å². The highest BCUT2D eigenvalue weighted by Gasteiger charge is 2.02. The first-order chi connectivity index (χ1) is 8.11. The van der Waals surface area contributed by atoms with Crippen LogP contribution in [0.25, 0.3) is 0 Å². The number of rotatable bonds is 5. The van der Waals surface area contributed by atoms with Crippen molar-refractivity contribution in [1.82, 2.24) is 4.98 Å². The van der Waals surface area contributed by atoms with Crippen molar-refractivity contribution in [2.75, 3.05) is 11.9 Å². The lowest BCUT2D eigenvalue weighted by molar-refractivity contribution is -0.119. The van der Waals surface area contributed by atoms with Crippen molar-refractivity contribution >= 4 is 40.6 Å². The van der Waals surface area contributed by atoms with Crippen LogP contribution in [-0.2, 0) is 9.53 Å². The van der Waals surface area contributed by atoms with E-state index in [1.807, 2.05) is 6.92 Å². The van der Waals surface area contributed by atoms with Crippen molar-refractivity contribution in [3.8, 4) is 0 Å². The number of hydrogen-bond acceptors (Lipinski definition) is 4. The first-order valence-corrected chi connectivity index (χ1v) is 5.97. The van der Waals surface area contributed by atoms with Crippen LogP contribution < -0.4 is 5.32 Å². The van der Waals surface area contributed by atoms with Gasteiger partial charge in [-0.3, -0.25) is 4.79 Å². The van der Waals surface area contributed by atoms with E-state index in [0.29, 0.717) is 23.7 Å². The standard InChI is InChI=1S/C11H13ClN2O2S/c1-2-9(15)5-6-16-11(17)14-10-4-3-8(12)7-13-10/h3-4,7H,2,5-6H2,1H3,(H,13,14,17). The number of carbonyl (C=O) groups is 1. The third-order valence-electron chi connectivity index (χ3n) is 1.97. The van der Waals surface area contributed by atoms with Crippen molar-refractivity contribution in [1.29, 1.82) is 0 Å². The fourth-order valence-corrected chi connectivity index (χ4v) is 1.32. The maximum absolute atomic E-state index is 11.0. The van der Waals surface area contributed by atoms with Crippen molar-refractivity contribution < 1.29 is 9.53 Å². The Morgan fingerprint density at radius 1 is 1.59 bits per heavy atom. The van der Waals surface area contributed by atoms with E-state index in [0.717, 1.165) is 0 Å². The summed E-state index contributed by atoms with van der Waals surface area (Å²) >= 11 is 10.6. The van der Waals surface area contributed by atoms with E-state index >= 15 is 0 Å². The van der Waals surface area contributed by atoms with Gasteiger partial charge >= 0.3 is 0 Å². The highest BCUT2D eigenvalue weighted by Crippen LogP contribution is 2.09. The Labute approximate surface area is 110 Å². The Hall–Kier alpha value is -1.20. The van der Waals surface area contributed by atoms with Crippen molar-refractivity contribution in [3.63, 3.8) is 0 Å². The zero-order valence-electron chi connectivity index (χ0n) is 9.40. The summed E-state index contributed by atoms with van der Waals surface area (Å²) in [5.74, 6) is 0.707. The van der Waals surface area contributed by atoms with Crippen LogP contribution in [0.1, 0.15) is 19.8 Å². The van der Waals surface area contributed by atoms with E-state index in [-0.39, 0.29) is 17.6 Å². The molecule has 0 aliphatic rings. The molecule has 0 aliphatic heterocycles. The van der Waals surface area contributed by atoms with Crippen LogP contribution in [-0.4, -0.2) is 22.5 Å². The summed E-state index contributed by atoms with van der Waals surface area (Å²) in [5.41, 5.74) is 0. The van der Waals surface area contributed by atoms with E-state index in [1.54, 1.807) is 12.1 Å². The summed E-state index contributed by atoms with van der Waals surface area (Å²) in [6, 6.07) is 3.38. The van der Waals surface area contributed by atoms with E-state index < -0.39 is 0 Å². The maximum atomic E-state index is 11.0. The highest BCUT2D eigenvalue weighted by atomic mass is 35.5. The number of anilines is 1. The molecule has 0 spiro atoms. The summed E-state index contributed by atoms with van der Waals surface area (Å²) in [5, 5.41) is 3.54. The number of nitrogens with one attached hydrogen (secondary N) is 1. The predicted octanol–water partition coefficient (Wildman–Crippen LogP) is 2.82. The van der Waals surface area contributed by atoms with Crippen LogP contribution in [0.5, 0.6) is 0 Å². The van der Waals surface area contributed by atoms with Gasteiger partial charge in [-0.05, 0) is 24.4 Å². The maximum Gasteiger partial charge on any atom is 0.262 e. The molecule has 1 N–H and O–H groups in total. The van der Waals surface area contributed by atoms with Crippen molar-refractivity contribution in [2.24, 2.45) is 0 Å². The third-order valence-corrected chi connectivity index (χ3v) is 2.41. The van der Waals surface area contributed by atoms with Gasteiger partial charge in [-0.15, -0.1) is 0 Å². The van der Waals surface area contributed by atoms with Gasteiger partial charge in [-0.2, -0.15) is 0 Å². The summed E-state index contributed by atoms with van der Waals surface area (Å²) in [4.78, 5) is 15.0. The summed E-state index contributed by atoms with van der Waals surface area (Å²) in [6.07, 6.45) is 2.39. The molecule has 4 nitrogen and oxygen atoms in total. The molecular formula is C11H13ClN2O2S. The Balaban J connectivity index is 2.30. The zero-order valence-corrected chi connectivity index (χ0v) is 11.0. The van der Waals surface area contributed by atoms with Gasteiger partial charge in [0.05, 0.1) is 11.6 Å². The Kier molecular flexibility index (Phi) is 5.86. The van der Waals surface area contributed by atoms with Gasteiger partial charge in [0.2, 0.25) is 0 Å². The largest absolute Gasteiger partial charge is 0.470 e. The number of Topliss-reactive ketones (excluding diaryl/α,β-unsaturated/α-hetero) is 1. The number of carbonyl (C=O) groups excluding carboxylic acids is 1. The fraction of sp³-hybridized carbons (Fsp3) is 0.364. The van der Waals surface area contributed by atoms with Gasteiger partial charge in [-0.1, -0.05) is 18.5 Å². The molecule has 1 heterocycles. The van der Waals surface area contributed by atoms with E-state index in [9.17, 15) is 4.79 Å². The molecule has 0 atom stereocenters. The molecule has 0 saturated carbocycles. The minimum absolute atomic E-state index is 0.150. The average molecular weight is 273 g/mol. The van der Waals surface area contributed by atoms with Crippen LogP contribution in [0.2, 0.25) is 5.02 Å². The molecule has 0 unspecified atom stereocenters. The predicted molar refractivity (Wildman–Crippen MR) is 71.3 cm³/mol. The second kappa shape index (κ2) is 7.19. The van der Waals surface area contributed by atoms with Gasteiger partial charge in [0.15, 0.2) is 0 Å². The average Bonchev–Trinajstić information content (AvgIpc) is 2.32. The van der Waals surface area contributed by atoms with Gasteiger partial charge in [-0.25, -0.2) is 4.98 Å². The van der Waals surface area contributed by atoms with E-state index in [4.69, 9.17) is 28.6 Å². The number of pyridine rings is 1. The molecule has 0 radical (unpaired) electrons. The smallest absolute Gasteiger partial charge is 0.262 e. The molecule has 0 aromatic carbocycles. The summed E-state index contributed by atoms with van der Waals surface area (Å²) < 4.78 is 5.18. The van der Waals surface area contributed by atoms with Crippen LogP contribution in [0.4, 0.5) is 5.82 Å². The molecule has 0 fully saturated rings. The lowest BCUT2D eigenvalue weighted by atomic mass is 10.2. The highest BCUT2D eigenvalue weighted by molar-refractivity contribution is 7.80. The van der Waals surface area contributed by atoms with E-state index in [2.05, 4.69) is 10.3 Å². The first kappa shape index (κ1) is 13.9. The van der Waals surface area contributed by atoms with Crippen LogP contribution in [0.3, 0.4) is 0 Å². The minimum atomic E-state index is 0.150.